The van der Waals surface area contributed by atoms with Gasteiger partial charge in [0.15, 0.2) is 0 Å². The number of hydrogen-bond acceptors (Lipinski definition) is 3. The lowest BCUT2D eigenvalue weighted by Gasteiger charge is -2.14. The van der Waals surface area contributed by atoms with Crippen LogP contribution in [0.5, 0.6) is 5.75 Å². The fourth-order valence-electron chi connectivity index (χ4n) is 1.97. The Hall–Kier alpha value is -1.06. The molecule has 3 heteroatoms. The van der Waals surface area contributed by atoms with E-state index in [0.29, 0.717) is 13.2 Å². The fourth-order valence-corrected chi connectivity index (χ4v) is 1.97. The maximum Gasteiger partial charge on any atom is 0.122 e. The Labute approximate surface area is 117 Å². The molecule has 1 rings (SSSR count). The van der Waals surface area contributed by atoms with Crippen molar-refractivity contribution >= 4 is 0 Å². The number of rotatable bonds is 9. The molecule has 108 valence electrons. The summed E-state index contributed by atoms with van der Waals surface area (Å²) in [6.07, 6.45) is 3.17. The summed E-state index contributed by atoms with van der Waals surface area (Å²) in [7, 11) is 0. The highest BCUT2D eigenvalue weighted by Gasteiger charge is 2.06. The smallest absolute Gasteiger partial charge is 0.122 e. The lowest BCUT2D eigenvalue weighted by Crippen LogP contribution is -2.32. The summed E-state index contributed by atoms with van der Waals surface area (Å²) in [4.78, 5) is 0. The maximum atomic E-state index is 9.83. The first-order valence-corrected chi connectivity index (χ1v) is 7.22. The molecule has 0 aliphatic heterocycles. The van der Waals surface area contributed by atoms with E-state index in [1.165, 1.54) is 24.8 Å². The third-order valence-corrected chi connectivity index (χ3v) is 3.10. The van der Waals surface area contributed by atoms with Crippen molar-refractivity contribution in [3.8, 4) is 5.75 Å². The van der Waals surface area contributed by atoms with E-state index in [9.17, 15) is 5.11 Å². The summed E-state index contributed by atoms with van der Waals surface area (Å²) in [5, 5.41) is 13.1. The number of hydrogen-bond donors (Lipinski definition) is 2. The van der Waals surface area contributed by atoms with Crippen LogP contribution in [0.15, 0.2) is 18.2 Å². The molecular formula is C16H27NO2. The first-order chi connectivity index (χ1) is 9.13. The van der Waals surface area contributed by atoms with Crippen molar-refractivity contribution in [1.82, 2.24) is 5.32 Å². The van der Waals surface area contributed by atoms with Crippen molar-refractivity contribution in [2.45, 2.75) is 46.1 Å². The predicted molar refractivity (Wildman–Crippen MR) is 79.8 cm³/mol. The van der Waals surface area contributed by atoms with Gasteiger partial charge in [-0.1, -0.05) is 37.5 Å². The number of aryl methyl sites for hydroxylation is 2. The molecule has 0 heterocycles. The Kier molecular flexibility index (Phi) is 7.53. The summed E-state index contributed by atoms with van der Waals surface area (Å²) in [5.41, 5.74) is 2.34. The molecule has 0 saturated heterocycles. The zero-order valence-electron chi connectivity index (χ0n) is 12.4. The molecule has 0 aliphatic rings. The average Bonchev–Trinajstić information content (AvgIpc) is 2.37. The Morgan fingerprint density at radius 3 is 2.74 bits per heavy atom. The van der Waals surface area contributed by atoms with Crippen LogP contribution in [0.25, 0.3) is 0 Å². The first kappa shape index (κ1) is 16.0. The highest BCUT2D eigenvalue weighted by atomic mass is 16.5. The molecule has 3 nitrogen and oxygen atoms in total. The van der Waals surface area contributed by atoms with Crippen LogP contribution in [-0.4, -0.2) is 30.9 Å². The first-order valence-electron chi connectivity index (χ1n) is 7.22. The molecule has 1 aromatic rings. The van der Waals surface area contributed by atoms with Crippen molar-refractivity contribution in [3.05, 3.63) is 29.3 Å². The van der Waals surface area contributed by atoms with Gasteiger partial charge in [-0.15, -0.1) is 0 Å². The number of ether oxygens (including phenoxy) is 1. The van der Waals surface area contributed by atoms with Gasteiger partial charge in [-0.25, -0.2) is 0 Å². The van der Waals surface area contributed by atoms with Crippen molar-refractivity contribution < 1.29 is 9.84 Å². The second-order valence-electron chi connectivity index (χ2n) is 5.15. The van der Waals surface area contributed by atoms with Crippen LogP contribution in [0.1, 0.15) is 37.3 Å². The maximum absolute atomic E-state index is 9.83. The Balaban J connectivity index is 2.20. The molecule has 1 atom stereocenters. The van der Waals surface area contributed by atoms with Gasteiger partial charge >= 0.3 is 0 Å². The van der Waals surface area contributed by atoms with E-state index in [4.69, 9.17) is 4.74 Å². The minimum Gasteiger partial charge on any atom is -0.491 e. The fraction of sp³-hybridized carbons (Fsp3) is 0.625. The van der Waals surface area contributed by atoms with E-state index in [0.717, 1.165) is 17.9 Å². The van der Waals surface area contributed by atoms with Gasteiger partial charge in [0.1, 0.15) is 18.5 Å². The monoisotopic (exact) mass is 265 g/mol. The molecular weight excluding hydrogens is 238 g/mol. The van der Waals surface area contributed by atoms with Gasteiger partial charge in [0.25, 0.3) is 0 Å². The van der Waals surface area contributed by atoms with Crippen molar-refractivity contribution in [2.24, 2.45) is 0 Å². The molecule has 1 aromatic carbocycles. The van der Waals surface area contributed by atoms with Gasteiger partial charge in [0.05, 0.1) is 0 Å². The molecule has 19 heavy (non-hydrogen) atoms. The van der Waals surface area contributed by atoms with Crippen LogP contribution in [-0.2, 0) is 0 Å². The highest BCUT2D eigenvalue weighted by Crippen LogP contribution is 2.18. The minimum absolute atomic E-state index is 0.338. The molecule has 0 bridgehead atoms. The van der Waals surface area contributed by atoms with Crippen LogP contribution >= 0.6 is 0 Å². The summed E-state index contributed by atoms with van der Waals surface area (Å²) in [6, 6.07) is 6.08. The van der Waals surface area contributed by atoms with E-state index in [1.807, 2.05) is 19.1 Å². The molecule has 0 fully saturated rings. The predicted octanol–water partition coefficient (Wildman–Crippen LogP) is 2.82. The normalized spacial score (nSPS) is 12.4. The molecule has 0 saturated carbocycles. The Morgan fingerprint density at radius 2 is 2.05 bits per heavy atom. The average molecular weight is 265 g/mol. The summed E-state index contributed by atoms with van der Waals surface area (Å²) in [5.74, 6) is 0.857. The lowest BCUT2D eigenvalue weighted by molar-refractivity contribution is 0.106. The molecule has 0 amide bonds. The number of nitrogens with one attached hydrogen (secondary N) is 1. The molecule has 0 radical (unpaired) electrons. The highest BCUT2D eigenvalue weighted by molar-refractivity contribution is 5.35. The van der Waals surface area contributed by atoms with Crippen molar-refractivity contribution in [2.75, 3.05) is 19.7 Å². The topological polar surface area (TPSA) is 41.5 Å². The summed E-state index contributed by atoms with van der Waals surface area (Å²) in [6.45, 7) is 8.17. The summed E-state index contributed by atoms with van der Waals surface area (Å²) < 4.78 is 5.64. The van der Waals surface area contributed by atoms with Crippen LogP contribution in [0.3, 0.4) is 0 Å². The largest absolute Gasteiger partial charge is 0.491 e. The Bertz CT molecular complexity index is 366. The van der Waals surface area contributed by atoms with Gasteiger partial charge in [-0.05, 0) is 38.4 Å². The number of aliphatic hydroxyl groups excluding tert-OH is 1. The van der Waals surface area contributed by atoms with Crippen molar-refractivity contribution in [1.29, 1.82) is 0 Å². The van der Waals surface area contributed by atoms with Crippen LogP contribution in [0, 0.1) is 13.8 Å². The van der Waals surface area contributed by atoms with Gasteiger partial charge in [0.2, 0.25) is 0 Å². The van der Waals surface area contributed by atoms with Crippen molar-refractivity contribution in [3.63, 3.8) is 0 Å². The molecule has 1 unspecified atom stereocenters. The third kappa shape index (κ3) is 6.60. The van der Waals surface area contributed by atoms with E-state index in [-0.39, 0.29) is 0 Å². The van der Waals surface area contributed by atoms with Gasteiger partial charge in [0, 0.05) is 6.54 Å². The SMILES string of the molecule is CCCCCNCC(O)COc1ccc(C)cc1C. The van der Waals surface area contributed by atoms with Gasteiger partial charge in [-0.3, -0.25) is 0 Å². The number of unbranched alkanes of at least 4 members (excludes halogenated alkanes) is 2. The van der Waals surface area contributed by atoms with Gasteiger partial charge in [-0.2, -0.15) is 0 Å². The molecule has 2 N–H and O–H groups in total. The second-order valence-corrected chi connectivity index (χ2v) is 5.15. The zero-order valence-corrected chi connectivity index (χ0v) is 12.4. The zero-order chi connectivity index (χ0) is 14.1. The quantitative estimate of drug-likeness (QED) is 0.675. The van der Waals surface area contributed by atoms with E-state index >= 15 is 0 Å². The molecule has 0 aromatic heterocycles. The van der Waals surface area contributed by atoms with Crippen LogP contribution < -0.4 is 10.1 Å². The van der Waals surface area contributed by atoms with E-state index in [2.05, 4.69) is 25.2 Å². The number of benzene rings is 1. The van der Waals surface area contributed by atoms with E-state index in [1.54, 1.807) is 0 Å². The van der Waals surface area contributed by atoms with Crippen LogP contribution in [0.2, 0.25) is 0 Å². The minimum atomic E-state index is -0.456. The molecule has 0 spiro atoms. The Morgan fingerprint density at radius 1 is 1.26 bits per heavy atom. The lowest BCUT2D eigenvalue weighted by atomic mass is 10.1. The second kappa shape index (κ2) is 8.94. The van der Waals surface area contributed by atoms with E-state index < -0.39 is 6.10 Å². The standard InChI is InChI=1S/C16H27NO2/c1-4-5-6-9-17-11-15(18)12-19-16-8-7-13(2)10-14(16)3/h7-8,10,15,17-18H,4-6,9,11-12H2,1-3H3. The molecule has 0 aliphatic carbocycles. The third-order valence-electron chi connectivity index (χ3n) is 3.10. The number of aliphatic hydroxyl groups is 1. The van der Waals surface area contributed by atoms with Crippen LogP contribution in [0.4, 0.5) is 0 Å². The summed E-state index contributed by atoms with van der Waals surface area (Å²) >= 11 is 0. The van der Waals surface area contributed by atoms with Gasteiger partial charge < -0.3 is 15.2 Å².